The van der Waals surface area contributed by atoms with Crippen LogP contribution in [0.4, 0.5) is 4.39 Å². The van der Waals surface area contributed by atoms with Gasteiger partial charge in [-0.15, -0.1) is 0 Å². The first-order valence-electron chi connectivity index (χ1n) is 10.9. The van der Waals surface area contributed by atoms with Crippen LogP contribution in [0.3, 0.4) is 0 Å². The summed E-state index contributed by atoms with van der Waals surface area (Å²) in [5.41, 5.74) is 2.08. The summed E-state index contributed by atoms with van der Waals surface area (Å²) in [6.07, 6.45) is 1.43. The zero-order chi connectivity index (χ0) is 23.2. The minimum Gasteiger partial charge on any atom is -0.454 e. The van der Waals surface area contributed by atoms with Gasteiger partial charge in [0.15, 0.2) is 21.3 Å². The number of ketones is 1. The van der Waals surface area contributed by atoms with E-state index in [0.717, 1.165) is 29.5 Å². The van der Waals surface area contributed by atoms with Gasteiger partial charge < -0.3 is 9.47 Å². The van der Waals surface area contributed by atoms with Crippen molar-refractivity contribution in [2.45, 2.75) is 36.5 Å². The molecule has 1 saturated carbocycles. The van der Waals surface area contributed by atoms with Crippen LogP contribution in [0, 0.1) is 5.82 Å². The number of hydrogen-bond donors (Lipinski definition) is 0. The van der Waals surface area contributed by atoms with Gasteiger partial charge in [0.2, 0.25) is 6.79 Å². The van der Waals surface area contributed by atoms with E-state index in [4.69, 9.17) is 9.47 Å². The van der Waals surface area contributed by atoms with E-state index in [1.54, 1.807) is 43.3 Å². The molecule has 0 saturated heterocycles. The highest BCUT2D eigenvalue weighted by atomic mass is 32.2. The van der Waals surface area contributed by atoms with Crippen LogP contribution >= 0.6 is 0 Å². The number of Topliss-reactive ketones (excluding diaryl/α,β-unsaturated/α-hetero) is 1. The Balaban J connectivity index is 1.39. The van der Waals surface area contributed by atoms with Gasteiger partial charge in [-0.25, -0.2) is 12.8 Å². The van der Waals surface area contributed by atoms with E-state index < -0.39 is 21.1 Å². The molecule has 0 bridgehead atoms. The van der Waals surface area contributed by atoms with Gasteiger partial charge in [0, 0.05) is 6.42 Å². The molecule has 0 unspecified atom stereocenters. The number of sulfone groups is 1. The van der Waals surface area contributed by atoms with Gasteiger partial charge in [-0.2, -0.15) is 0 Å². The highest BCUT2D eigenvalue weighted by Crippen LogP contribution is 2.51. The molecular weight excluding hydrogens is 443 g/mol. The van der Waals surface area contributed by atoms with Crippen molar-refractivity contribution in [3.63, 3.8) is 0 Å². The van der Waals surface area contributed by atoms with Crippen LogP contribution in [0.5, 0.6) is 11.5 Å². The molecule has 1 fully saturated rings. The van der Waals surface area contributed by atoms with Crippen molar-refractivity contribution in [3.05, 3.63) is 77.6 Å². The van der Waals surface area contributed by atoms with E-state index in [2.05, 4.69) is 0 Å². The van der Waals surface area contributed by atoms with E-state index in [0.29, 0.717) is 17.1 Å². The van der Waals surface area contributed by atoms with E-state index in [1.165, 1.54) is 6.07 Å². The van der Waals surface area contributed by atoms with Gasteiger partial charge in [0.1, 0.15) is 11.6 Å². The van der Waals surface area contributed by atoms with E-state index in [9.17, 15) is 17.6 Å². The second-order valence-corrected chi connectivity index (χ2v) is 10.8. The molecule has 33 heavy (non-hydrogen) atoms. The van der Waals surface area contributed by atoms with Crippen molar-refractivity contribution in [2.75, 3.05) is 12.5 Å². The van der Waals surface area contributed by atoms with Crippen LogP contribution in [0.25, 0.3) is 11.1 Å². The number of fused-ring (bicyclic) bond motifs is 1. The van der Waals surface area contributed by atoms with Crippen LogP contribution < -0.4 is 9.47 Å². The molecule has 0 atom stereocenters. The maximum atomic E-state index is 14.6. The fourth-order valence-electron chi connectivity index (χ4n) is 4.30. The number of benzene rings is 3. The molecular formula is C26H23FO5S. The number of ether oxygens (including phenoxy) is 2. The zero-order valence-corrected chi connectivity index (χ0v) is 19.0. The molecule has 3 aromatic carbocycles. The lowest BCUT2D eigenvalue weighted by Gasteiger charge is -2.16. The fourth-order valence-corrected chi connectivity index (χ4v) is 5.19. The second kappa shape index (κ2) is 7.99. The molecule has 0 amide bonds. The Bertz CT molecular complexity index is 1340. The standard InChI is InChI=1S/C26H23FO5S/c1-2-33(29,30)21-7-3-17(4-8-21)18-5-9-22(27)19(13-18)14-25(28)26(11-12-26)20-6-10-23-24(15-20)32-16-31-23/h3-10,13,15H,2,11-12,14,16H2,1H3. The third-order valence-corrected chi connectivity index (χ3v) is 8.28. The van der Waals surface area contributed by atoms with Crippen LogP contribution in [0.1, 0.15) is 30.9 Å². The SMILES string of the molecule is CCS(=O)(=O)c1ccc(-c2ccc(F)c(CC(=O)C3(c4ccc5c(c4)OCO5)CC3)c2)cc1. The average molecular weight is 467 g/mol. The Morgan fingerprint density at radius 1 is 0.939 bits per heavy atom. The first-order valence-corrected chi connectivity index (χ1v) is 12.5. The minimum atomic E-state index is -3.29. The molecule has 0 radical (unpaired) electrons. The Morgan fingerprint density at radius 3 is 2.33 bits per heavy atom. The summed E-state index contributed by atoms with van der Waals surface area (Å²) in [7, 11) is -3.29. The average Bonchev–Trinajstić information content (AvgIpc) is 3.51. The van der Waals surface area contributed by atoms with Gasteiger partial charge in [-0.05, 0) is 71.5 Å². The number of hydrogen-bond acceptors (Lipinski definition) is 5. The topological polar surface area (TPSA) is 69.7 Å². The van der Waals surface area contributed by atoms with Crippen LogP contribution in [-0.4, -0.2) is 26.7 Å². The molecule has 5 rings (SSSR count). The molecule has 3 aromatic rings. The second-order valence-electron chi connectivity index (χ2n) is 8.48. The summed E-state index contributed by atoms with van der Waals surface area (Å²) in [5, 5.41) is 0. The normalized spacial score (nSPS) is 15.9. The molecule has 1 aliphatic heterocycles. The van der Waals surface area contributed by atoms with E-state index in [1.807, 2.05) is 18.2 Å². The summed E-state index contributed by atoms with van der Waals surface area (Å²) in [5.74, 6) is 0.868. The smallest absolute Gasteiger partial charge is 0.231 e. The molecule has 0 N–H and O–H groups in total. The van der Waals surface area contributed by atoms with E-state index >= 15 is 0 Å². The van der Waals surface area contributed by atoms with Gasteiger partial charge in [0.05, 0.1) is 16.1 Å². The largest absolute Gasteiger partial charge is 0.454 e. The fraction of sp³-hybridized carbons (Fsp3) is 0.269. The maximum absolute atomic E-state index is 14.6. The first kappa shape index (κ1) is 21.6. The van der Waals surface area contributed by atoms with Crippen molar-refractivity contribution in [1.29, 1.82) is 0 Å². The number of carbonyl (C=O) groups excluding carboxylic acids is 1. The lowest BCUT2D eigenvalue weighted by molar-refractivity contribution is -0.120. The van der Waals surface area contributed by atoms with Gasteiger partial charge in [-0.1, -0.05) is 31.2 Å². The zero-order valence-electron chi connectivity index (χ0n) is 18.1. The summed E-state index contributed by atoms with van der Waals surface area (Å²) in [6.45, 7) is 1.77. The molecule has 7 heteroatoms. The van der Waals surface area contributed by atoms with Crippen LogP contribution in [0.15, 0.2) is 65.6 Å². The Hall–Kier alpha value is -3.19. The van der Waals surface area contributed by atoms with Crippen molar-refractivity contribution in [2.24, 2.45) is 0 Å². The monoisotopic (exact) mass is 466 g/mol. The molecule has 1 aliphatic carbocycles. The Kier molecular flexibility index (Phi) is 5.24. The summed E-state index contributed by atoms with van der Waals surface area (Å²) in [6, 6.07) is 16.7. The van der Waals surface area contributed by atoms with Crippen molar-refractivity contribution >= 4 is 15.6 Å². The molecule has 5 nitrogen and oxygen atoms in total. The quantitative estimate of drug-likeness (QED) is 0.498. The minimum absolute atomic E-state index is 0.0174. The van der Waals surface area contributed by atoms with Crippen molar-refractivity contribution < 1.29 is 27.1 Å². The molecule has 1 heterocycles. The van der Waals surface area contributed by atoms with Gasteiger partial charge in [0.25, 0.3) is 0 Å². The Labute approximate surface area is 192 Å². The molecule has 0 aromatic heterocycles. The summed E-state index contributed by atoms with van der Waals surface area (Å²) in [4.78, 5) is 13.5. The molecule has 170 valence electrons. The highest BCUT2D eigenvalue weighted by molar-refractivity contribution is 7.91. The third-order valence-electron chi connectivity index (χ3n) is 6.53. The predicted molar refractivity (Wildman–Crippen MR) is 122 cm³/mol. The Morgan fingerprint density at radius 2 is 1.64 bits per heavy atom. The molecule has 2 aliphatic rings. The van der Waals surface area contributed by atoms with Gasteiger partial charge in [-0.3, -0.25) is 4.79 Å². The molecule has 0 spiro atoms. The summed E-state index contributed by atoms with van der Waals surface area (Å²) < 4.78 is 49.5. The number of rotatable bonds is 7. The summed E-state index contributed by atoms with van der Waals surface area (Å²) >= 11 is 0. The number of halogens is 1. The van der Waals surface area contributed by atoms with Crippen LogP contribution in [0.2, 0.25) is 0 Å². The van der Waals surface area contributed by atoms with Crippen molar-refractivity contribution in [3.8, 4) is 22.6 Å². The van der Waals surface area contributed by atoms with Gasteiger partial charge >= 0.3 is 0 Å². The van der Waals surface area contributed by atoms with Crippen LogP contribution in [-0.2, 0) is 26.5 Å². The third kappa shape index (κ3) is 3.91. The first-order chi connectivity index (χ1) is 15.8. The predicted octanol–water partition coefficient (Wildman–Crippen LogP) is 4.86. The maximum Gasteiger partial charge on any atom is 0.231 e. The van der Waals surface area contributed by atoms with E-state index in [-0.39, 0.29) is 29.6 Å². The van der Waals surface area contributed by atoms with Crippen molar-refractivity contribution in [1.82, 2.24) is 0 Å². The lowest BCUT2D eigenvalue weighted by Crippen LogP contribution is -2.23. The number of carbonyl (C=O) groups is 1. The highest BCUT2D eigenvalue weighted by Gasteiger charge is 2.51. The lowest BCUT2D eigenvalue weighted by atomic mass is 9.87.